The largest absolute Gasteiger partial charge is 0.381 e. The first kappa shape index (κ1) is 20.2. The van der Waals surface area contributed by atoms with E-state index in [2.05, 4.69) is 25.0 Å². The van der Waals surface area contributed by atoms with Gasteiger partial charge in [-0.05, 0) is 86.9 Å². The Balaban J connectivity index is 1.35. The number of aliphatic hydroxyl groups is 1. The van der Waals surface area contributed by atoms with Crippen LogP contribution in [0.2, 0.25) is 0 Å². The molecule has 1 N–H and O–H groups in total. The number of carbonyl (C=O) groups excluding carboxylic acids is 1. The molecule has 1 aromatic heterocycles. The number of fused-ring (bicyclic) bond motifs is 5. The Morgan fingerprint density at radius 2 is 2.00 bits per heavy atom. The summed E-state index contributed by atoms with van der Waals surface area (Å²) in [4.78, 5) is 13.3. The van der Waals surface area contributed by atoms with Gasteiger partial charge in [0.1, 0.15) is 18.2 Å². The molecule has 0 radical (unpaired) electrons. The van der Waals surface area contributed by atoms with Crippen LogP contribution in [0.5, 0.6) is 0 Å². The number of nitriles is 1. The van der Waals surface area contributed by atoms with Gasteiger partial charge in [-0.3, -0.25) is 9.48 Å². The Hall–Kier alpha value is -1.67. The number of hydrogen-bond donors (Lipinski definition) is 1. The summed E-state index contributed by atoms with van der Waals surface area (Å²) in [6.45, 7) is 4.66. The van der Waals surface area contributed by atoms with Crippen LogP contribution < -0.4 is 0 Å². The van der Waals surface area contributed by atoms with E-state index in [0.717, 1.165) is 36.5 Å². The molecule has 0 saturated heterocycles. The van der Waals surface area contributed by atoms with Gasteiger partial charge in [-0.2, -0.15) is 10.4 Å². The number of Topliss-reactive ketones (excluding diaryl/α,β-unsaturated/α-hetero) is 1. The zero-order valence-corrected chi connectivity index (χ0v) is 18.4. The van der Waals surface area contributed by atoms with Crippen LogP contribution in [0.4, 0.5) is 0 Å². The summed E-state index contributed by atoms with van der Waals surface area (Å²) in [5.41, 5.74) is -1.14. The monoisotopic (exact) mass is 409 g/mol. The Morgan fingerprint density at radius 3 is 2.77 bits per heavy atom. The average Bonchev–Trinajstić information content (AvgIpc) is 3.30. The molecule has 0 aliphatic heterocycles. The molecule has 0 bridgehead atoms. The van der Waals surface area contributed by atoms with Crippen molar-refractivity contribution in [2.45, 2.75) is 83.8 Å². The molecule has 5 heteroatoms. The number of hydrogen-bond acceptors (Lipinski definition) is 4. The second-order valence-corrected chi connectivity index (χ2v) is 11.2. The molecule has 1 heterocycles. The van der Waals surface area contributed by atoms with Crippen molar-refractivity contribution in [2.75, 3.05) is 0 Å². The molecule has 162 valence electrons. The summed E-state index contributed by atoms with van der Waals surface area (Å²) in [6.07, 6.45) is 13.6. The lowest BCUT2D eigenvalue weighted by Gasteiger charge is -2.57. The minimum Gasteiger partial charge on any atom is -0.381 e. The van der Waals surface area contributed by atoms with Gasteiger partial charge in [0.15, 0.2) is 5.78 Å². The van der Waals surface area contributed by atoms with Gasteiger partial charge in [-0.25, -0.2) is 0 Å². The van der Waals surface area contributed by atoms with E-state index in [4.69, 9.17) is 5.26 Å². The van der Waals surface area contributed by atoms with Gasteiger partial charge < -0.3 is 5.11 Å². The SMILES string of the molecule is CC1CCC2C(CCC3C2CCC2(C)C3CC[C@]2(O)C(=O)Cn2cc(C#N)cn2)C1. The van der Waals surface area contributed by atoms with Gasteiger partial charge in [0, 0.05) is 11.6 Å². The highest BCUT2D eigenvalue weighted by atomic mass is 16.3. The first-order valence-corrected chi connectivity index (χ1v) is 12.0. The van der Waals surface area contributed by atoms with E-state index < -0.39 is 5.60 Å². The summed E-state index contributed by atoms with van der Waals surface area (Å²) in [6, 6.07) is 2.05. The van der Waals surface area contributed by atoms with Crippen molar-refractivity contribution < 1.29 is 9.90 Å². The summed E-state index contributed by atoms with van der Waals surface area (Å²) >= 11 is 0. The molecule has 5 nitrogen and oxygen atoms in total. The van der Waals surface area contributed by atoms with E-state index in [9.17, 15) is 9.90 Å². The van der Waals surface area contributed by atoms with E-state index >= 15 is 0 Å². The Morgan fingerprint density at radius 1 is 1.20 bits per heavy atom. The van der Waals surface area contributed by atoms with Crippen LogP contribution in [-0.2, 0) is 11.3 Å². The summed E-state index contributed by atoms with van der Waals surface area (Å²) in [7, 11) is 0. The van der Waals surface area contributed by atoms with Crippen molar-refractivity contribution >= 4 is 5.78 Å². The molecular weight excluding hydrogens is 374 g/mol. The average molecular weight is 410 g/mol. The van der Waals surface area contributed by atoms with Crippen LogP contribution in [0, 0.1) is 52.3 Å². The number of ketones is 1. The quantitative estimate of drug-likeness (QED) is 0.805. The van der Waals surface area contributed by atoms with E-state index in [1.165, 1.54) is 49.4 Å². The van der Waals surface area contributed by atoms with Gasteiger partial charge in [0.05, 0.1) is 11.8 Å². The first-order valence-electron chi connectivity index (χ1n) is 12.0. The third kappa shape index (κ3) is 2.90. The minimum absolute atomic E-state index is 0.0528. The van der Waals surface area contributed by atoms with E-state index in [1.807, 2.05) is 0 Å². The summed E-state index contributed by atoms with van der Waals surface area (Å²) in [5, 5.41) is 24.9. The predicted octanol–water partition coefficient (Wildman–Crippen LogP) is 4.34. The maximum atomic E-state index is 13.3. The Labute approximate surface area is 179 Å². The highest BCUT2D eigenvalue weighted by Crippen LogP contribution is 2.65. The maximum Gasteiger partial charge on any atom is 0.186 e. The van der Waals surface area contributed by atoms with E-state index in [1.54, 1.807) is 6.20 Å². The molecule has 0 aromatic carbocycles. The molecule has 4 aliphatic rings. The Kier molecular flexibility index (Phi) is 4.85. The van der Waals surface area contributed by atoms with Crippen LogP contribution in [-0.4, -0.2) is 26.3 Å². The number of nitrogens with zero attached hydrogens (tertiary/aromatic N) is 3. The lowest BCUT2D eigenvalue weighted by molar-refractivity contribution is -0.163. The lowest BCUT2D eigenvalue weighted by Crippen LogP contribution is -2.57. The molecule has 4 aliphatic carbocycles. The normalized spacial score (nSPS) is 45.1. The maximum absolute atomic E-state index is 13.3. The second kappa shape index (κ2) is 7.19. The van der Waals surface area contributed by atoms with Crippen molar-refractivity contribution in [3.8, 4) is 6.07 Å². The summed E-state index contributed by atoms with van der Waals surface area (Å²) in [5.74, 6) is 4.48. The fourth-order valence-electron chi connectivity index (χ4n) is 8.35. The minimum atomic E-state index is -1.26. The highest BCUT2D eigenvalue weighted by molar-refractivity contribution is 5.88. The molecule has 1 aromatic rings. The molecule has 4 fully saturated rings. The van der Waals surface area contributed by atoms with Crippen LogP contribution in [0.15, 0.2) is 12.4 Å². The zero-order chi connectivity index (χ0) is 21.1. The van der Waals surface area contributed by atoms with Crippen molar-refractivity contribution in [3.05, 3.63) is 18.0 Å². The number of rotatable bonds is 3. The van der Waals surface area contributed by atoms with Crippen molar-refractivity contribution in [1.82, 2.24) is 9.78 Å². The zero-order valence-electron chi connectivity index (χ0n) is 18.4. The van der Waals surface area contributed by atoms with Gasteiger partial charge in [-0.1, -0.05) is 20.3 Å². The molecule has 5 rings (SSSR count). The highest BCUT2D eigenvalue weighted by Gasteiger charge is 2.65. The predicted molar refractivity (Wildman–Crippen MR) is 113 cm³/mol. The fourth-order valence-corrected chi connectivity index (χ4v) is 8.35. The summed E-state index contributed by atoms with van der Waals surface area (Å²) < 4.78 is 1.51. The molecule has 0 amide bonds. The molecule has 7 unspecified atom stereocenters. The third-order valence-corrected chi connectivity index (χ3v) is 9.90. The fraction of sp³-hybridized carbons (Fsp3) is 0.800. The van der Waals surface area contributed by atoms with Crippen molar-refractivity contribution in [2.24, 2.45) is 40.9 Å². The standard InChI is InChI=1S/C25H35N3O2/c1-16-3-5-19-18(11-16)4-6-21-20(19)7-9-24(2)22(21)8-10-25(24,30)23(29)15-28-14-17(12-26)13-27-28/h13-14,16,18-22,30H,3-11,15H2,1-2H3/t16?,18?,19?,20?,21?,22?,24?,25-/m0/s1. The molecule has 30 heavy (non-hydrogen) atoms. The number of carbonyl (C=O) groups is 1. The van der Waals surface area contributed by atoms with Crippen molar-refractivity contribution in [3.63, 3.8) is 0 Å². The van der Waals surface area contributed by atoms with Gasteiger partial charge >= 0.3 is 0 Å². The van der Waals surface area contributed by atoms with E-state index in [-0.39, 0.29) is 17.7 Å². The molecular formula is C25H35N3O2. The molecule has 8 atom stereocenters. The van der Waals surface area contributed by atoms with Crippen LogP contribution in [0.3, 0.4) is 0 Å². The van der Waals surface area contributed by atoms with Crippen molar-refractivity contribution in [1.29, 1.82) is 5.26 Å². The van der Waals surface area contributed by atoms with Gasteiger partial charge in [0.25, 0.3) is 0 Å². The first-order chi connectivity index (χ1) is 14.4. The topological polar surface area (TPSA) is 78.9 Å². The van der Waals surface area contributed by atoms with Gasteiger partial charge in [0.2, 0.25) is 0 Å². The van der Waals surface area contributed by atoms with Crippen LogP contribution in [0.1, 0.15) is 77.2 Å². The van der Waals surface area contributed by atoms with Gasteiger partial charge in [-0.15, -0.1) is 0 Å². The van der Waals surface area contributed by atoms with E-state index in [0.29, 0.717) is 23.8 Å². The molecule has 4 saturated carbocycles. The lowest BCUT2D eigenvalue weighted by atomic mass is 9.48. The molecule has 0 spiro atoms. The third-order valence-electron chi connectivity index (χ3n) is 9.90. The number of aromatic nitrogens is 2. The Bertz CT molecular complexity index is 872. The van der Waals surface area contributed by atoms with Crippen LogP contribution >= 0.6 is 0 Å². The second-order valence-electron chi connectivity index (χ2n) is 11.2. The smallest absolute Gasteiger partial charge is 0.186 e. The van der Waals surface area contributed by atoms with Crippen LogP contribution in [0.25, 0.3) is 0 Å².